The standard InChI is InChI=1S/C16H18N4O4S/c17-15-18-13(21)12(25-15)16(23)10-3-1-2-4-11(10)20(14(16)22)9-19-5-7-24-8-6-19/h1-4,12,23H,5-9H2,(H2,17,18,21). The number of thioether (sulfide) groups is 1. The number of nitrogens with zero attached hydrogens (tertiary/aromatic N) is 3. The largest absolute Gasteiger partial charge is 0.379 e. The number of morpholine rings is 1. The molecule has 1 aromatic rings. The van der Waals surface area contributed by atoms with Gasteiger partial charge in [0, 0.05) is 18.7 Å². The number of hydrogen-bond donors (Lipinski definition) is 2. The summed E-state index contributed by atoms with van der Waals surface area (Å²) in [5.41, 5.74) is 4.69. The van der Waals surface area contributed by atoms with Gasteiger partial charge in [-0.2, -0.15) is 4.99 Å². The first-order valence-electron chi connectivity index (χ1n) is 8.00. The molecule has 9 heteroatoms. The van der Waals surface area contributed by atoms with Crippen molar-refractivity contribution in [1.29, 1.82) is 0 Å². The molecular weight excluding hydrogens is 344 g/mol. The highest BCUT2D eigenvalue weighted by Crippen LogP contribution is 2.47. The van der Waals surface area contributed by atoms with Crippen LogP contribution in [0.2, 0.25) is 0 Å². The number of carbonyl (C=O) groups excluding carboxylic acids is 2. The SMILES string of the molecule is NC1=NC(=O)C(C2(O)C(=O)N(CN3CCOCC3)c3ccccc32)S1. The first-order valence-corrected chi connectivity index (χ1v) is 8.88. The molecule has 0 spiro atoms. The number of aliphatic imine (C=N–C) groups is 1. The van der Waals surface area contributed by atoms with Gasteiger partial charge in [0.15, 0.2) is 10.8 Å². The molecule has 8 nitrogen and oxygen atoms in total. The molecule has 25 heavy (non-hydrogen) atoms. The summed E-state index contributed by atoms with van der Waals surface area (Å²) in [4.78, 5) is 32.6. The number of hydrogen-bond acceptors (Lipinski definition) is 7. The number of aliphatic hydroxyl groups is 1. The molecule has 1 fully saturated rings. The van der Waals surface area contributed by atoms with Crippen LogP contribution in [0.1, 0.15) is 5.56 Å². The van der Waals surface area contributed by atoms with E-state index in [1.54, 1.807) is 24.3 Å². The van der Waals surface area contributed by atoms with Crippen LogP contribution in [0.4, 0.5) is 5.69 Å². The molecule has 2 atom stereocenters. The number of ether oxygens (including phenoxy) is 1. The van der Waals surface area contributed by atoms with Crippen molar-refractivity contribution in [1.82, 2.24) is 4.90 Å². The summed E-state index contributed by atoms with van der Waals surface area (Å²) < 4.78 is 5.34. The Balaban J connectivity index is 1.70. The van der Waals surface area contributed by atoms with Crippen LogP contribution in [-0.2, 0) is 19.9 Å². The highest BCUT2D eigenvalue weighted by molar-refractivity contribution is 8.15. The second kappa shape index (κ2) is 6.10. The van der Waals surface area contributed by atoms with Crippen LogP contribution in [0.15, 0.2) is 29.3 Å². The van der Waals surface area contributed by atoms with E-state index in [-0.39, 0.29) is 5.17 Å². The third-order valence-electron chi connectivity index (χ3n) is 4.68. The van der Waals surface area contributed by atoms with Crippen molar-refractivity contribution < 1.29 is 19.4 Å². The summed E-state index contributed by atoms with van der Waals surface area (Å²) in [6, 6.07) is 7.00. The second-order valence-electron chi connectivity index (χ2n) is 6.17. The zero-order valence-corrected chi connectivity index (χ0v) is 14.2. The maximum atomic E-state index is 13.2. The summed E-state index contributed by atoms with van der Waals surface area (Å²) in [5.74, 6) is -1.10. The predicted molar refractivity (Wildman–Crippen MR) is 93.1 cm³/mol. The number of fused-ring (bicyclic) bond motifs is 1. The lowest BCUT2D eigenvalue weighted by molar-refractivity contribution is -0.140. The van der Waals surface area contributed by atoms with E-state index >= 15 is 0 Å². The first kappa shape index (κ1) is 16.5. The molecule has 3 aliphatic heterocycles. The minimum atomic E-state index is -1.96. The highest BCUT2D eigenvalue weighted by atomic mass is 32.2. The Labute approximate surface area is 148 Å². The van der Waals surface area contributed by atoms with Gasteiger partial charge >= 0.3 is 0 Å². The fraction of sp³-hybridized carbons (Fsp3) is 0.438. The normalized spacial score (nSPS) is 29.9. The van der Waals surface area contributed by atoms with Crippen molar-refractivity contribution >= 4 is 34.4 Å². The molecule has 0 saturated carbocycles. The maximum Gasteiger partial charge on any atom is 0.266 e. The number of anilines is 1. The van der Waals surface area contributed by atoms with E-state index in [0.717, 1.165) is 11.8 Å². The van der Waals surface area contributed by atoms with Gasteiger partial charge in [0.2, 0.25) is 0 Å². The van der Waals surface area contributed by atoms with Gasteiger partial charge in [0.1, 0.15) is 5.25 Å². The Morgan fingerprint density at radius 2 is 2.04 bits per heavy atom. The van der Waals surface area contributed by atoms with E-state index in [0.29, 0.717) is 44.2 Å². The van der Waals surface area contributed by atoms with Gasteiger partial charge in [-0.15, -0.1) is 0 Å². The second-order valence-corrected chi connectivity index (χ2v) is 7.30. The quantitative estimate of drug-likeness (QED) is 0.744. The van der Waals surface area contributed by atoms with Gasteiger partial charge in [-0.25, -0.2) is 0 Å². The van der Waals surface area contributed by atoms with Crippen molar-refractivity contribution in [2.24, 2.45) is 10.7 Å². The number of benzene rings is 1. The van der Waals surface area contributed by atoms with Gasteiger partial charge < -0.3 is 15.6 Å². The summed E-state index contributed by atoms with van der Waals surface area (Å²) in [6.45, 7) is 2.96. The van der Waals surface area contributed by atoms with Crippen LogP contribution in [-0.4, -0.2) is 65.2 Å². The minimum Gasteiger partial charge on any atom is -0.379 e. The lowest BCUT2D eigenvalue weighted by Crippen LogP contribution is -2.52. The summed E-state index contributed by atoms with van der Waals surface area (Å²) in [7, 11) is 0. The lowest BCUT2D eigenvalue weighted by Gasteiger charge is -2.32. The molecule has 0 aromatic heterocycles. The maximum absolute atomic E-state index is 13.2. The molecule has 2 unspecified atom stereocenters. The van der Waals surface area contributed by atoms with Gasteiger partial charge in [-0.05, 0) is 6.07 Å². The Morgan fingerprint density at radius 1 is 1.32 bits per heavy atom. The smallest absolute Gasteiger partial charge is 0.266 e. The summed E-state index contributed by atoms with van der Waals surface area (Å²) in [5, 5.41) is 10.3. The van der Waals surface area contributed by atoms with Crippen LogP contribution in [0.5, 0.6) is 0 Å². The van der Waals surface area contributed by atoms with E-state index in [2.05, 4.69) is 9.89 Å². The molecule has 0 aliphatic carbocycles. The molecule has 3 heterocycles. The fourth-order valence-electron chi connectivity index (χ4n) is 3.43. The Kier molecular flexibility index (Phi) is 4.03. The number of para-hydroxylation sites is 1. The van der Waals surface area contributed by atoms with E-state index in [1.165, 1.54) is 4.90 Å². The average Bonchev–Trinajstić information content (AvgIpc) is 3.07. The molecule has 0 radical (unpaired) electrons. The molecule has 3 aliphatic rings. The number of rotatable bonds is 3. The molecule has 4 rings (SSSR count). The molecule has 1 saturated heterocycles. The van der Waals surface area contributed by atoms with Crippen LogP contribution < -0.4 is 10.6 Å². The van der Waals surface area contributed by atoms with Crippen molar-refractivity contribution in [2.45, 2.75) is 10.9 Å². The average molecular weight is 362 g/mol. The number of nitrogens with two attached hydrogens (primary N) is 1. The third-order valence-corrected chi connectivity index (χ3v) is 5.80. The van der Waals surface area contributed by atoms with Crippen LogP contribution in [0.25, 0.3) is 0 Å². The number of amides is 2. The topological polar surface area (TPSA) is 108 Å². The predicted octanol–water partition coefficient (Wildman–Crippen LogP) is -0.533. The van der Waals surface area contributed by atoms with Crippen LogP contribution in [0.3, 0.4) is 0 Å². The summed E-state index contributed by atoms with van der Waals surface area (Å²) >= 11 is 0.932. The monoisotopic (exact) mass is 362 g/mol. The van der Waals surface area contributed by atoms with E-state index < -0.39 is 22.7 Å². The van der Waals surface area contributed by atoms with Crippen LogP contribution >= 0.6 is 11.8 Å². The highest BCUT2D eigenvalue weighted by Gasteiger charge is 2.59. The zero-order valence-electron chi connectivity index (χ0n) is 13.4. The van der Waals surface area contributed by atoms with Crippen LogP contribution in [0, 0.1) is 0 Å². The molecule has 2 amide bonds. The van der Waals surface area contributed by atoms with E-state index in [4.69, 9.17) is 10.5 Å². The molecule has 132 valence electrons. The van der Waals surface area contributed by atoms with E-state index in [9.17, 15) is 14.7 Å². The van der Waals surface area contributed by atoms with Crippen molar-refractivity contribution in [3.05, 3.63) is 29.8 Å². The lowest BCUT2D eigenvalue weighted by atomic mass is 9.91. The van der Waals surface area contributed by atoms with Gasteiger partial charge in [0.25, 0.3) is 11.8 Å². The van der Waals surface area contributed by atoms with Gasteiger partial charge in [-0.1, -0.05) is 30.0 Å². The Bertz CT molecular complexity index is 764. The fourth-order valence-corrected chi connectivity index (χ4v) is 4.36. The van der Waals surface area contributed by atoms with Crippen molar-refractivity contribution in [3.63, 3.8) is 0 Å². The van der Waals surface area contributed by atoms with Crippen molar-refractivity contribution in [3.8, 4) is 0 Å². The number of amidine groups is 1. The summed E-state index contributed by atoms with van der Waals surface area (Å²) in [6.07, 6.45) is 0. The third kappa shape index (κ3) is 2.54. The Hall–Kier alpha value is -1.94. The molecule has 1 aromatic carbocycles. The Morgan fingerprint density at radius 3 is 2.72 bits per heavy atom. The molecular formula is C16H18N4O4S. The minimum absolute atomic E-state index is 0.0698. The molecule has 3 N–H and O–H groups in total. The zero-order chi connectivity index (χ0) is 17.6. The first-order chi connectivity index (χ1) is 12.0. The van der Waals surface area contributed by atoms with E-state index in [1.807, 2.05) is 0 Å². The molecule has 0 bridgehead atoms. The van der Waals surface area contributed by atoms with Crippen molar-refractivity contribution in [2.75, 3.05) is 37.9 Å². The van der Waals surface area contributed by atoms with Gasteiger partial charge in [0.05, 0.1) is 25.6 Å². The number of carbonyl (C=O) groups is 2. The van der Waals surface area contributed by atoms with Gasteiger partial charge in [-0.3, -0.25) is 19.4 Å².